The maximum Gasteiger partial charge on any atom is 0.262 e. The maximum absolute atomic E-state index is 12.8. The molecule has 1 heterocycles. The number of hydrogen-bond donors (Lipinski definition) is 1. The van der Waals surface area contributed by atoms with Crippen LogP contribution < -0.4 is 9.46 Å². The molecule has 0 amide bonds. The number of nitrogens with zero attached hydrogens (tertiary/aromatic N) is 2. The Bertz CT molecular complexity index is 892. The van der Waals surface area contributed by atoms with Crippen molar-refractivity contribution in [3.05, 3.63) is 46.6 Å². The Kier molecular flexibility index (Phi) is 7.47. The Balaban J connectivity index is 2.19. The lowest BCUT2D eigenvalue weighted by Gasteiger charge is -2.19. The molecule has 0 spiro atoms. The van der Waals surface area contributed by atoms with Crippen molar-refractivity contribution in [2.75, 3.05) is 32.0 Å². The number of sulfonamides is 1. The van der Waals surface area contributed by atoms with Crippen molar-refractivity contribution < 1.29 is 13.2 Å². The van der Waals surface area contributed by atoms with Gasteiger partial charge in [0.15, 0.2) is 0 Å². The zero-order chi connectivity index (χ0) is 20.9. The topological polar surface area (TPSA) is 71.5 Å². The molecular weight excluding hydrogens is 442 g/mol. The molecule has 2 aromatic rings. The zero-order valence-corrected chi connectivity index (χ0v) is 19.4. The molecule has 0 bridgehead atoms. The van der Waals surface area contributed by atoms with Crippen LogP contribution in [0.1, 0.15) is 32.8 Å². The molecule has 0 radical (unpaired) electrons. The van der Waals surface area contributed by atoms with Gasteiger partial charge < -0.3 is 9.64 Å². The van der Waals surface area contributed by atoms with E-state index in [0.717, 1.165) is 18.5 Å². The first kappa shape index (κ1) is 22.6. The number of rotatable bonds is 8. The van der Waals surface area contributed by atoms with Gasteiger partial charge in [-0.15, -0.1) is 0 Å². The lowest BCUT2D eigenvalue weighted by Crippen LogP contribution is -2.17. The van der Waals surface area contributed by atoms with Crippen molar-refractivity contribution in [3.63, 3.8) is 0 Å². The molecular formula is C20H28BrN3O3S. The van der Waals surface area contributed by atoms with Crippen LogP contribution in [0, 0.1) is 0 Å². The minimum Gasteiger partial charge on any atom is -0.476 e. The normalized spacial score (nSPS) is 12.2. The average Bonchev–Trinajstić information content (AvgIpc) is 2.59. The number of nitrogens with one attached hydrogen (secondary N) is 1. The number of halogens is 1. The Morgan fingerprint density at radius 2 is 1.82 bits per heavy atom. The zero-order valence-electron chi connectivity index (χ0n) is 17.0. The van der Waals surface area contributed by atoms with Crippen LogP contribution in [0.2, 0.25) is 0 Å². The van der Waals surface area contributed by atoms with Crippen LogP contribution in [0.15, 0.2) is 45.9 Å². The summed E-state index contributed by atoms with van der Waals surface area (Å²) in [5, 5.41) is 0. The van der Waals surface area contributed by atoms with E-state index in [-0.39, 0.29) is 16.2 Å². The first-order valence-electron chi connectivity index (χ1n) is 9.05. The van der Waals surface area contributed by atoms with Gasteiger partial charge in [-0.3, -0.25) is 4.72 Å². The monoisotopic (exact) mass is 469 g/mol. The summed E-state index contributed by atoms with van der Waals surface area (Å²) in [6, 6.07) is 8.56. The average molecular weight is 470 g/mol. The van der Waals surface area contributed by atoms with Gasteiger partial charge in [-0.25, -0.2) is 13.4 Å². The molecule has 8 heteroatoms. The van der Waals surface area contributed by atoms with E-state index in [1.807, 2.05) is 26.2 Å². The quantitative estimate of drug-likeness (QED) is 0.584. The van der Waals surface area contributed by atoms with Gasteiger partial charge in [-0.1, -0.05) is 32.9 Å². The number of aromatic nitrogens is 1. The van der Waals surface area contributed by atoms with Crippen LogP contribution in [0.5, 0.6) is 5.88 Å². The van der Waals surface area contributed by atoms with E-state index in [4.69, 9.17) is 4.74 Å². The fourth-order valence-electron chi connectivity index (χ4n) is 2.50. The van der Waals surface area contributed by atoms with Crippen LogP contribution in [-0.4, -0.2) is 45.5 Å². The molecule has 0 aliphatic heterocycles. The number of ether oxygens (including phenoxy) is 1. The van der Waals surface area contributed by atoms with E-state index in [0.29, 0.717) is 16.8 Å². The third-order valence-electron chi connectivity index (χ3n) is 4.08. The number of pyridine rings is 1. The van der Waals surface area contributed by atoms with Gasteiger partial charge in [-0.2, -0.15) is 0 Å². The third kappa shape index (κ3) is 6.46. The van der Waals surface area contributed by atoms with Gasteiger partial charge in [-0.05, 0) is 65.6 Å². The highest BCUT2D eigenvalue weighted by atomic mass is 79.9. The van der Waals surface area contributed by atoms with Crippen LogP contribution in [0.3, 0.4) is 0 Å². The predicted molar refractivity (Wildman–Crippen MR) is 117 cm³/mol. The van der Waals surface area contributed by atoms with Gasteiger partial charge >= 0.3 is 0 Å². The molecule has 28 heavy (non-hydrogen) atoms. The Morgan fingerprint density at radius 1 is 1.18 bits per heavy atom. The summed E-state index contributed by atoms with van der Waals surface area (Å²) in [6.45, 7) is 7.57. The van der Waals surface area contributed by atoms with Gasteiger partial charge in [0.1, 0.15) is 5.69 Å². The summed E-state index contributed by atoms with van der Waals surface area (Å²) in [4.78, 5) is 6.46. The smallest absolute Gasteiger partial charge is 0.262 e. The molecule has 0 saturated heterocycles. The summed E-state index contributed by atoms with van der Waals surface area (Å²) in [6.07, 6.45) is 2.39. The molecule has 1 N–H and O–H groups in total. The van der Waals surface area contributed by atoms with Crippen molar-refractivity contribution in [2.24, 2.45) is 0 Å². The second-order valence-corrected chi connectivity index (χ2v) is 10.5. The van der Waals surface area contributed by atoms with Crippen molar-refractivity contribution in [3.8, 4) is 5.88 Å². The largest absolute Gasteiger partial charge is 0.476 e. The van der Waals surface area contributed by atoms with E-state index in [1.54, 1.807) is 24.4 Å². The van der Waals surface area contributed by atoms with Crippen molar-refractivity contribution in [1.29, 1.82) is 0 Å². The number of benzene rings is 1. The lowest BCUT2D eigenvalue weighted by atomic mass is 9.87. The summed E-state index contributed by atoms with van der Waals surface area (Å²) >= 11 is 3.33. The van der Waals surface area contributed by atoms with Crippen LogP contribution in [0.25, 0.3) is 0 Å². The van der Waals surface area contributed by atoms with Gasteiger partial charge in [0.25, 0.3) is 10.0 Å². The standard InChI is InChI=1S/C20H28BrN3O3S/c1-20(2,3)15-7-9-17(10-8-15)28(25,26)23-18-13-16(21)14-22-19(18)27-12-6-11-24(4)5/h7-10,13-14,23H,6,11-12H2,1-5H3. The second kappa shape index (κ2) is 9.24. The maximum atomic E-state index is 12.8. The fourth-order valence-corrected chi connectivity index (χ4v) is 3.88. The molecule has 0 saturated carbocycles. The molecule has 6 nitrogen and oxygen atoms in total. The first-order chi connectivity index (χ1) is 13.0. The molecule has 0 aliphatic carbocycles. The lowest BCUT2D eigenvalue weighted by molar-refractivity contribution is 0.274. The third-order valence-corrected chi connectivity index (χ3v) is 5.90. The summed E-state index contributed by atoms with van der Waals surface area (Å²) in [7, 11) is 0.219. The van der Waals surface area contributed by atoms with Gasteiger partial charge in [0.2, 0.25) is 5.88 Å². The minimum atomic E-state index is -3.76. The first-order valence-corrected chi connectivity index (χ1v) is 11.3. The molecule has 1 aromatic heterocycles. The Morgan fingerprint density at radius 3 is 2.39 bits per heavy atom. The molecule has 0 aliphatic rings. The summed E-state index contributed by atoms with van der Waals surface area (Å²) in [5.74, 6) is 0.261. The molecule has 0 fully saturated rings. The SMILES string of the molecule is CN(C)CCCOc1ncc(Br)cc1NS(=O)(=O)c1ccc(C(C)(C)C)cc1. The van der Waals surface area contributed by atoms with Gasteiger partial charge in [0.05, 0.1) is 11.5 Å². The highest BCUT2D eigenvalue weighted by Gasteiger charge is 2.20. The van der Waals surface area contributed by atoms with Crippen LogP contribution in [-0.2, 0) is 15.4 Å². The van der Waals surface area contributed by atoms with Gasteiger partial charge in [0, 0.05) is 17.2 Å². The molecule has 0 atom stereocenters. The summed E-state index contributed by atoms with van der Waals surface area (Å²) in [5.41, 5.74) is 1.33. The second-order valence-electron chi connectivity index (χ2n) is 7.89. The summed E-state index contributed by atoms with van der Waals surface area (Å²) < 4.78 is 34.6. The van der Waals surface area contributed by atoms with E-state index in [1.165, 1.54) is 0 Å². The predicted octanol–water partition coefficient (Wildman–Crippen LogP) is 4.27. The van der Waals surface area contributed by atoms with E-state index in [2.05, 4.69) is 51.3 Å². The number of hydrogen-bond acceptors (Lipinski definition) is 5. The Labute approximate surface area is 176 Å². The highest BCUT2D eigenvalue weighted by Crippen LogP contribution is 2.29. The van der Waals surface area contributed by atoms with Crippen molar-refractivity contribution in [2.45, 2.75) is 37.5 Å². The van der Waals surface area contributed by atoms with E-state index < -0.39 is 10.0 Å². The van der Waals surface area contributed by atoms with E-state index >= 15 is 0 Å². The van der Waals surface area contributed by atoms with Crippen molar-refractivity contribution >= 4 is 31.6 Å². The highest BCUT2D eigenvalue weighted by molar-refractivity contribution is 9.10. The molecule has 2 rings (SSSR count). The number of anilines is 1. The van der Waals surface area contributed by atoms with Crippen LogP contribution in [0.4, 0.5) is 5.69 Å². The molecule has 0 unspecified atom stereocenters. The van der Waals surface area contributed by atoms with Crippen LogP contribution >= 0.6 is 15.9 Å². The van der Waals surface area contributed by atoms with E-state index in [9.17, 15) is 8.42 Å². The van der Waals surface area contributed by atoms with Crippen molar-refractivity contribution in [1.82, 2.24) is 9.88 Å². The Hall–Kier alpha value is -1.64. The molecule has 1 aromatic carbocycles. The fraction of sp³-hybridized carbons (Fsp3) is 0.450. The minimum absolute atomic E-state index is 0.0441. The molecule has 154 valence electrons.